The van der Waals surface area contributed by atoms with E-state index >= 15 is 0 Å². The lowest BCUT2D eigenvalue weighted by Gasteiger charge is -2.63. The predicted octanol–water partition coefficient (Wildman–Crippen LogP) is 5.45. The fraction of sp³-hybridized carbons (Fsp3) is 0.731. The standard InChI is InChI=1S/C26H36N2O4/c1-16-13-22-26(3,12-10-23(29)27(22)4)20-9-11-25(2)15-19(14-21(25)24(16)20)32-18-7-5-17(6-8-18)28(30)31/h5-8,16,19-22,24H,9-15H2,1-4H3/t16?,19?,20-,21+,22?,24-,25-,26-/m1/s1. The van der Waals surface area contributed by atoms with E-state index in [9.17, 15) is 14.9 Å². The second-order valence-electron chi connectivity index (χ2n) is 11.7. The Kier molecular flexibility index (Phi) is 5.06. The van der Waals surface area contributed by atoms with Gasteiger partial charge in [0, 0.05) is 31.6 Å². The fourth-order valence-corrected chi connectivity index (χ4v) is 8.39. The zero-order valence-corrected chi connectivity index (χ0v) is 19.8. The summed E-state index contributed by atoms with van der Waals surface area (Å²) in [5, 5.41) is 10.9. The van der Waals surface area contributed by atoms with Crippen LogP contribution in [0.3, 0.4) is 0 Å². The van der Waals surface area contributed by atoms with Crippen molar-refractivity contribution < 1.29 is 14.5 Å². The molecule has 0 bridgehead atoms. The van der Waals surface area contributed by atoms with Crippen LogP contribution < -0.4 is 4.74 Å². The van der Waals surface area contributed by atoms with E-state index in [1.54, 1.807) is 12.1 Å². The van der Waals surface area contributed by atoms with E-state index in [0.29, 0.717) is 47.5 Å². The zero-order valence-electron chi connectivity index (χ0n) is 19.8. The van der Waals surface area contributed by atoms with Crippen LogP contribution in [0.5, 0.6) is 5.75 Å². The van der Waals surface area contributed by atoms with Gasteiger partial charge in [-0.05, 0) is 85.2 Å². The number of likely N-dealkylation sites (tertiary alicyclic amines) is 1. The van der Waals surface area contributed by atoms with Crippen molar-refractivity contribution in [3.63, 3.8) is 0 Å². The Bertz CT molecular complexity index is 917. The van der Waals surface area contributed by atoms with E-state index < -0.39 is 0 Å². The maximum atomic E-state index is 12.4. The Balaban J connectivity index is 1.36. The van der Waals surface area contributed by atoms with E-state index in [1.165, 1.54) is 25.0 Å². The molecule has 3 unspecified atom stereocenters. The average molecular weight is 441 g/mol. The summed E-state index contributed by atoms with van der Waals surface area (Å²) in [6.07, 6.45) is 7.60. The maximum Gasteiger partial charge on any atom is 0.269 e. The minimum Gasteiger partial charge on any atom is -0.490 e. The van der Waals surface area contributed by atoms with Gasteiger partial charge in [0.25, 0.3) is 5.69 Å². The molecule has 0 N–H and O–H groups in total. The third-order valence-corrected chi connectivity index (χ3v) is 10.0. The lowest BCUT2D eigenvalue weighted by atomic mass is 9.45. The summed E-state index contributed by atoms with van der Waals surface area (Å²) in [6.45, 7) is 7.35. The summed E-state index contributed by atoms with van der Waals surface area (Å²) in [5.74, 6) is 3.64. The molecule has 3 aliphatic carbocycles. The molecule has 4 aliphatic rings. The highest BCUT2D eigenvalue weighted by molar-refractivity contribution is 5.77. The van der Waals surface area contributed by atoms with Gasteiger partial charge < -0.3 is 9.64 Å². The molecule has 32 heavy (non-hydrogen) atoms. The largest absolute Gasteiger partial charge is 0.490 e. The van der Waals surface area contributed by atoms with Gasteiger partial charge in [0.05, 0.1) is 11.0 Å². The van der Waals surface area contributed by atoms with Crippen molar-refractivity contribution in [1.82, 2.24) is 4.90 Å². The second-order valence-corrected chi connectivity index (χ2v) is 11.7. The quantitative estimate of drug-likeness (QED) is 0.463. The molecule has 1 heterocycles. The fourth-order valence-electron chi connectivity index (χ4n) is 8.39. The Morgan fingerprint density at radius 1 is 1.12 bits per heavy atom. The number of non-ortho nitro benzene ring substituents is 1. The van der Waals surface area contributed by atoms with Crippen molar-refractivity contribution in [1.29, 1.82) is 0 Å². The molecule has 1 saturated heterocycles. The molecule has 174 valence electrons. The molecule has 5 rings (SSSR count). The summed E-state index contributed by atoms with van der Waals surface area (Å²) in [7, 11) is 2.02. The van der Waals surface area contributed by atoms with Crippen LogP contribution in [0, 0.1) is 44.6 Å². The highest BCUT2D eigenvalue weighted by Crippen LogP contribution is 2.66. The van der Waals surface area contributed by atoms with E-state index in [-0.39, 0.29) is 22.1 Å². The topological polar surface area (TPSA) is 72.7 Å². The summed E-state index contributed by atoms with van der Waals surface area (Å²) < 4.78 is 6.37. The van der Waals surface area contributed by atoms with Crippen LogP contribution >= 0.6 is 0 Å². The molecule has 4 fully saturated rings. The normalized spacial score (nSPS) is 43.2. The molecule has 1 aromatic rings. The van der Waals surface area contributed by atoms with Crippen molar-refractivity contribution >= 4 is 11.6 Å². The Morgan fingerprint density at radius 2 is 1.84 bits per heavy atom. The summed E-state index contributed by atoms with van der Waals surface area (Å²) >= 11 is 0. The second kappa shape index (κ2) is 7.46. The van der Waals surface area contributed by atoms with E-state index in [2.05, 4.69) is 25.7 Å². The number of piperidine rings is 1. The number of nitrogens with zero attached hydrogens (tertiary/aromatic N) is 2. The van der Waals surface area contributed by atoms with Gasteiger partial charge in [-0.25, -0.2) is 0 Å². The van der Waals surface area contributed by atoms with Crippen molar-refractivity contribution in [3.8, 4) is 5.75 Å². The molecular weight excluding hydrogens is 404 g/mol. The SMILES string of the molecule is CC1CC2N(C)C(=O)CC[C@]2(C)[C@@H]2CC[C@]3(C)CC(Oc4ccc([N+](=O)[O-])cc4)C[C@H]3[C@H]12. The van der Waals surface area contributed by atoms with Gasteiger partial charge in [0.2, 0.25) is 5.91 Å². The number of nitro benzene ring substituents is 1. The molecule has 0 radical (unpaired) electrons. The molecule has 1 amide bonds. The van der Waals surface area contributed by atoms with Crippen LogP contribution in [0.4, 0.5) is 5.69 Å². The van der Waals surface area contributed by atoms with Crippen LogP contribution in [-0.4, -0.2) is 34.9 Å². The molecule has 1 aliphatic heterocycles. The lowest BCUT2D eigenvalue weighted by Crippen LogP contribution is -2.62. The van der Waals surface area contributed by atoms with Crippen molar-refractivity contribution in [2.75, 3.05) is 7.05 Å². The first-order valence-electron chi connectivity index (χ1n) is 12.3. The van der Waals surface area contributed by atoms with Crippen LogP contribution in [-0.2, 0) is 4.79 Å². The van der Waals surface area contributed by atoms with E-state index in [1.807, 2.05) is 7.05 Å². The van der Waals surface area contributed by atoms with Crippen molar-refractivity contribution in [2.45, 2.75) is 77.9 Å². The molecule has 1 aromatic carbocycles. The third kappa shape index (κ3) is 3.24. The number of ether oxygens (including phenoxy) is 1. The van der Waals surface area contributed by atoms with Crippen LogP contribution in [0.15, 0.2) is 24.3 Å². The first-order chi connectivity index (χ1) is 15.1. The first-order valence-corrected chi connectivity index (χ1v) is 12.3. The van der Waals surface area contributed by atoms with E-state index in [4.69, 9.17) is 4.74 Å². The number of fused-ring (bicyclic) bond motifs is 5. The zero-order chi connectivity index (χ0) is 22.8. The number of amides is 1. The van der Waals surface area contributed by atoms with Gasteiger partial charge in [-0.15, -0.1) is 0 Å². The molecule has 0 aromatic heterocycles. The molecule has 6 heteroatoms. The van der Waals surface area contributed by atoms with Crippen molar-refractivity contribution in [2.24, 2.45) is 34.5 Å². The van der Waals surface area contributed by atoms with Gasteiger partial charge in [0.15, 0.2) is 0 Å². The number of hydrogen-bond acceptors (Lipinski definition) is 4. The lowest BCUT2D eigenvalue weighted by molar-refractivity contribution is -0.384. The monoisotopic (exact) mass is 440 g/mol. The number of nitro groups is 1. The molecular formula is C26H36N2O4. The van der Waals surface area contributed by atoms with Gasteiger partial charge >= 0.3 is 0 Å². The minimum absolute atomic E-state index is 0.0991. The summed E-state index contributed by atoms with van der Waals surface area (Å²) in [5.41, 5.74) is 0.612. The minimum atomic E-state index is -0.371. The molecule has 8 atom stereocenters. The maximum absolute atomic E-state index is 12.4. The Labute approximate surface area is 190 Å². The summed E-state index contributed by atoms with van der Waals surface area (Å²) in [4.78, 5) is 25.1. The van der Waals surface area contributed by atoms with Crippen LogP contribution in [0.2, 0.25) is 0 Å². The van der Waals surface area contributed by atoms with Gasteiger partial charge in [-0.3, -0.25) is 14.9 Å². The Morgan fingerprint density at radius 3 is 2.53 bits per heavy atom. The summed E-state index contributed by atoms with van der Waals surface area (Å²) in [6, 6.07) is 6.89. The van der Waals surface area contributed by atoms with Gasteiger partial charge in [-0.1, -0.05) is 20.8 Å². The van der Waals surface area contributed by atoms with Crippen LogP contribution in [0.1, 0.15) is 65.7 Å². The van der Waals surface area contributed by atoms with Crippen molar-refractivity contribution in [3.05, 3.63) is 34.4 Å². The highest BCUT2D eigenvalue weighted by Gasteiger charge is 2.62. The number of rotatable bonds is 3. The number of benzene rings is 1. The predicted molar refractivity (Wildman–Crippen MR) is 122 cm³/mol. The third-order valence-electron chi connectivity index (χ3n) is 10.0. The number of carbonyl (C=O) groups is 1. The molecule has 3 saturated carbocycles. The Hall–Kier alpha value is -2.11. The number of hydrogen-bond donors (Lipinski definition) is 0. The van der Waals surface area contributed by atoms with E-state index in [0.717, 1.165) is 31.4 Å². The molecule has 0 spiro atoms. The van der Waals surface area contributed by atoms with Gasteiger partial charge in [-0.2, -0.15) is 0 Å². The average Bonchev–Trinajstić information content (AvgIpc) is 3.09. The smallest absolute Gasteiger partial charge is 0.269 e. The molecule has 6 nitrogen and oxygen atoms in total. The van der Waals surface area contributed by atoms with Gasteiger partial charge in [0.1, 0.15) is 5.75 Å². The highest BCUT2D eigenvalue weighted by atomic mass is 16.6. The number of carbonyl (C=O) groups excluding carboxylic acids is 1. The first kappa shape index (κ1) is 21.7. The van der Waals surface area contributed by atoms with Crippen LogP contribution in [0.25, 0.3) is 0 Å².